The smallest absolute Gasteiger partial charge is 0.336 e. The van der Waals surface area contributed by atoms with Crippen molar-refractivity contribution in [2.45, 2.75) is 0 Å². The number of nitrogens with zero attached hydrogens (tertiary/aromatic N) is 1. The van der Waals surface area contributed by atoms with Crippen LogP contribution in [0.3, 0.4) is 0 Å². The number of aromatic nitrogens is 1. The molecular formula is C20H13NO3. The molecule has 0 saturated carbocycles. The molecule has 1 aromatic heterocycles. The molecule has 0 bridgehead atoms. The first kappa shape index (κ1) is 14.2. The van der Waals surface area contributed by atoms with Gasteiger partial charge in [-0.05, 0) is 53.2 Å². The van der Waals surface area contributed by atoms with Crippen LogP contribution in [0.2, 0.25) is 0 Å². The molecule has 0 aliphatic carbocycles. The number of pyridine rings is 1. The highest BCUT2D eigenvalue weighted by Gasteiger charge is 2.09. The van der Waals surface area contributed by atoms with Gasteiger partial charge in [-0.2, -0.15) is 0 Å². The van der Waals surface area contributed by atoms with Crippen molar-refractivity contribution in [3.63, 3.8) is 0 Å². The van der Waals surface area contributed by atoms with E-state index < -0.39 is 5.97 Å². The van der Waals surface area contributed by atoms with Crippen LogP contribution >= 0.6 is 0 Å². The average molecular weight is 315 g/mol. The monoisotopic (exact) mass is 315 g/mol. The summed E-state index contributed by atoms with van der Waals surface area (Å²) in [7, 11) is 0. The third-order valence-corrected chi connectivity index (χ3v) is 3.92. The Bertz CT molecular complexity index is 1070. The van der Waals surface area contributed by atoms with Crippen LogP contribution in [0, 0.1) is 0 Å². The maximum atomic E-state index is 11.3. The van der Waals surface area contributed by atoms with Crippen molar-refractivity contribution in [1.29, 1.82) is 0 Å². The minimum atomic E-state index is -0.936. The molecular weight excluding hydrogens is 302 g/mol. The lowest BCUT2D eigenvalue weighted by Gasteiger charge is -2.10. The number of rotatable bonds is 3. The van der Waals surface area contributed by atoms with E-state index in [2.05, 4.69) is 4.98 Å². The van der Waals surface area contributed by atoms with Gasteiger partial charge in [0.05, 0.1) is 11.1 Å². The standard InChI is InChI=1S/C20H13NO3/c22-20(23)16-6-3-4-13-12-14(8-9-15(13)16)24-19-10-11-21-18-7-2-1-5-17(18)19/h1-12H,(H,22,23). The summed E-state index contributed by atoms with van der Waals surface area (Å²) < 4.78 is 6.01. The lowest BCUT2D eigenvalue weighted by atomic mass is 10.0. The molecule has 0 aliphatic rings. The predicted octanol–water partition coefficient (Wildman–Crippen LogP) is 4.88. The molecule has 0 atom stereocenters. The fourth-order valence-electron chi connectivity index (χ4n) is 2.80. The number of carboxylic acids is 1. The predicted molar refractivity (Wildman–Crippen MR) is 92.7 cm³/mol. The molecule has 1 N–H and O–H groups in total. The Morgan fingerprint density at radius 3 is 2.67 bits per heavy atom. The lowest BCUT2D eigenvalue weighted by Crippen LogP contribution is -1.97. The number of benzene rings is 3. The van der Waals surface area contributed by atoms with Crippen LogP contribution in [0.25, 0.3) is 21.7 Å². The van der Waals surface area contributed by atoms with Gasteiger partial charge in [0.15, 0.2) is 0 Å². The van der Waals surface area contributed by atoms with Crippen LogP contribution in [-0.4, -0.2) is 16.1 Å². The lowest BCUT2D eigenvalue weighted by molar-refractivity contribution is 0.0699. The maximum Gasteiger partial charge on any atom is 0.336 e. The molecule has 0 fully saturated rings. The van der Waals surface area contributed by atoms with Gasteiger partial charge >= 0.3 is 5.97 Å². The number of ether oxygens (including phenoxy) is 1. The fourth-order valence-corrected chi connectivity index (χ4v) is 2.80. The Labute approximate surface area is 138 Å². The van der Waals surface area contributed by atoms with Crippen molar-refractivity contribution in [2.24, 2.45) is 0 Å². The average Bonchev–Trinajstić information content (AvgIpc) is 2.61. The summed E-state index contributed by atoms with van der Waals surface area (Å²) in [5, 5.41) is 11.7. The first-order chi connectivity index (χ1) is 11.7. The van der Waals surface area contributed by atoms with E-state index in [1.54, 1.807) is 30.5 Å². The number of aromatic carboxylic acids is 1. The van der Waals surface area contributed by atoms with Gasteiger partial charge in [-0.25, -0.2) is 4.79 Å². The van der Waals surface area contributed by atoms with Crippen LogP contribution in [-0.2, 0) is 0 Å². The molecule has 4 nitrogen and oxygen atoms in total. The summed E-state index contributed by atoms with van der Waals surface area (Å²) >= 11 is 0. The minimum absolute atomic E-state index is 0.286. The van der Waals surface area contributed by atoms with Gasteiger partial charge in [0.1, 0.15) is 11.5 Å². The van der Waals surface area contributed by atoms with Crippen molar-refractivity contribution in [3.8, 4) is 11.5 Å². The van der Waals surface area contributed by atoms with Gasteiger partial charge in [-0.15, -0.1) is 0 Å². The van der Waals surface area contributed by atoms with Crippen LogP contribution in [0.15, 0.2) is 72.9 Å². The molecule has 4 heteroatoms. The van der Waals surface area contributed by atoms with Crippen molar-refractivity contribution in [1.82, 2.24) is 4.98 Å². The van der Waals surface area contributed by atoms with Gasteiger partial charge in [-0.3, -0.25) is 4.98 Å². The number of hydrogen-bond donors (Lipinski definition) is 1. The molecule has 3 aromatic carbocycles. The van der Waals surface area contributed by atoms with Crippen LogP contribution in [0.1, 0.15) is 10.4 Å². The Morgan fingerprint density at radius 1 is 0.917 bits per heavy atom. The second-order valence-corrected chi connectivity index (χ2v) is 5.42. The summed E-state index contributed by atoms with van der Waals surface area (Å²) in [6, 6.07) is 20.2. The van der Waals surface area contributed by atoms with E-state index >= 15 is 0 Å². The van der Waals surface area contributed by atoms with E-state index in [0.717, 1.165) is 16.3 Å². The highest BCUT2D eigenvalue weighted by molar-refractivity contribution is 6.04. The van der Waals surface area contributed by atoms with E-state index in [9.17, 15) is 9.90 Å². The minimum Gasteiger partial charge on any atom is -0.478 e. The first-order valence-electron chi connectivity index (χ1n) is 7.50. The summed E-state index contributed by atoms with van der Waals surface area (Å²) in [5.74, 6) is 0.435. The molecule has 0 unspecified atom stereocenters. The zero-order valence-corrected chi connectivity index (χ0v) is 12.6. The molecule has 0 amide bonds. The molecule has 0 radical (unpaired) electrons. The third-order valence-electron chi connectivity index (χ3n) is 3.92. The quantitative estimate of drug-likeness (QED) is 0.585. The maximum absolute atomic E-state index is 11.3. The number of fused-ring (bicyclic) bond motifs is 2. The third kappa shape index (κ3) is 2.44. The highest BCUT2D eigenvalue weighted by atomic mass is 16.5. The molecule has 0 spiro atoms. The Morgan fingerprint density at radius 2 is 1.79 bits per heavy atom. The van der Waals surface area contributed by atoms with E-state index in [0.29, 0.717) is 16.9 Å². The molecule has 1 heterocycles. The first-order valence-corrected chi connectivity index (χ1v) is 7.50. The number of hydrogen-bond acceptors (Lipinski definition) is 3. The van der Waals surface area contributed by atoms with Crippen molar-refractivity contribution < 1.29 is 14.6 Å². The SMILES string of the molecule is O=C(O)c1cccc2cc(Oc3ccnc4ccccc34)ccc12. The summed E-state index contributed by atoms with van der Waals surface area (Å²) in [6.07, 6.45) is 1.71. The fraction of sp³-hybridized carbons (Fsp3) is 0. The van der Waals surface area contributed by atoms with Crippen molar-refractivity contribution >= 4 is 27.6 Å². The zero-order chi connectivity index (χ0) is 16.5. The van der Waals surface area contributed by atoms with Crippen LogP contribution in [0.4, 0.5) is 0 Å². The zero-order valence-electron chi connectivity index (χ0n) is 12.6. The topological polar surface area (TPSA) is 59.4 Å². The summed E-state index contributed by atoms with van der Waals surface area (Å²) in [5.41, 5.74) is 1.15. The molecule has 116 valence electrons. The van der Waals surface area contributed by atoms with E-state index in [4.69, 9.17) is 4.74 Å². The molecule has 4 aromatic rings. The van der Waals surface area contributed by atoms with Crippen LogP contribution in [0.5, 0.6) is 11.5 Å². The highest BCUT2D eigenvalue weighted by Crippen LogP contribution is 2.31. The van der Waals surface area contributed by atoms with Crippen molar-refractivity contribution in [2.75, 3.05) is 0 Å². The molecule has 0 aliphatic heterocycles. The van der Waals surface area contributed by atoms with Gasteiger partial charge in [0, 0.05) is 11.6 Å². The van der Waals surface area contributed by atoms with Gasteiger partial charge in [0.2, 0.25) is 0 Å². The van der Waals surface area contributed by atoms with Gasteiger partial charge in [0.25, 0.3) is 0 Å². The Balaban J connectivity index is 1.78. The van der Waals surface area contributed by atoms with Crippen molar-refractivity contribution in [3.05, 3.63) is 78.5 Å². The Kier molecular flexibility index (Phi) is 3.35. The van der Waals surface area contributed by atoms with Crippen LogP contribution < -0.4 is 4.74 Å². The second-order valence-electron chi connectivity index (χ2n) is 5.42. The summed E-state index contributed by atoms with van der Waals surface area (Å²) in [4.78, 5) is 15.6. The second kappa shape index (κ2) is 5.66. The number of carbonyl (C=O) groups is 1. The molecule has 4 rings (SSSR count). The Hall–Kier alpha value is -3.40. The van der Waals surface area contributed by atoms with Gasteiger partial charge in [-0.1, -0.05) is 24.3 Å². The largest absolute Gasteiger partial charge is 0.478 e. The van der Waals surface area contributed by atoms with E-state index in [-0.39, 0.29) is 5.56 Å². The number of carboxylic acid groups (broad SMARTS) is 1. The number of para-hydroxylation sites is 1. The normalized spacial score (nSPS) is 10.8. The molecule has 24 heavy (non-hydrogen) atoms. The van der Waals surface area contributed by atoms with E-state index in [1.165, 1.54) is 0 Å². The summed E-state index contributed by atoms with van der Waals surface area (Å²) in [6.45, 7) is 0. The van der Waals surface area contributed by atoms with Gasteiger partial charge < -0.3 is 9.84 Å². The van der Waals surface area contributed by atoms with E-state index in [1.807, 2.05) is 42.5 Å². The molecule has 0 saturated heterocycles.